The maximum Gasteiger partial charge on any atom is 0.307 e. The van der Waals surface area contributed by atoms with Gasteiger partial charge in [0.05, 0.1) is 6.42 Å². The van der Waals surface area contributed by atoms with Crippen LogP contribution < -0.4 is 0 Å². The van der Waals surface area contributed by atoms with Crippen LogP contribution in [0.25, 0.3) is 0 Å². The Labute approximate surface area is 98.3 Å². The van der Waals surface area contributed by atoms with Crippen LogP contribution in [0.5, 0.6) is 0 Å². The number of carbonyl (C=O) groups is 1. The van der Waals surface area contributed by atoms with Gasteiger partial charge in [0, 0.05) is 5.88 Å². The van der Waals surface area contributed by atoms with E-state index in [9.17, 15) is 4.79 Å². The van der Waals surface area contributed by atoms with E-state index in [2.05, 4.69) is 20.8 Å². The zero-order chi connectivity index (χ0) is 11.9. The molecule has 0 radical (unpaired) electrons. The average molecular weight is 235 g/mol. The number of carbonyl (C=O) groups excluding carboxylic acids is 1. The zero-order valence-electron chi connectivity index (χ0n) is 10.3. The molecule has 0 aromatic heterocycles. The van der Waals surface area contributed by atoms with E-state index < -0.39 is 0 Å². The number of alkyl halides is 1. The van der Waals surface area contributed by atoms with Gasteiger partial charge in [0.15, 0.2) is 0 Å². The SMILES string of the molecule is CCC(CC(C)(C)CC)OC(=O)CCCl. The zero-order valence-corrected chi connectivity index (χ0v) is 11.1. The van der Waals surface area contributed by atoms with Gasteiger partial charge in [-0.3, -0.25) is 4.79 Å². The van der Waals surface area contributed by atoms with Crippen molar-refractivity contribution >= 4 is 17.6 Å². The Bertz CT molecular complexity index is 190. The molecule has 90 valence electrons. The van der Waals surface area contributed by atoms with E-state index in [1.54, 1.807) is 0 Å². The van der Waals surface area contributed by atoms with Crippen molar-refractivity contribution in [3.05, 3.63) is 0 Å². The summed E-state index contributed by atoms with van der Waals surface area (Å²) in [7, 11) is 0. The number of ether oxygens (including phenoxy) is 1. The second kappa shape index (κ2) is 7.10. The first kappa shape index (κ1) is 14.8. The summed E-state index contributed by atoms with van der Waals surface area (Å²) in [6.45, 7) is 8.60. The molecule has 0 amide bonds. The molecule has 0 spiro atoms. The summed E-state index contributed by atoms with van der Waals surface area (Å²) < 4.78 is 5.35. The van der Waals surface area contributed by atoms with Crippen molar-refractivity contribution in [3.63, 3.8) is 0 Å². The Hall–Kier alpha value is -0.240. The molecule has 1 unspecified atom stereocenters. The average Bonchev–Trinajstić information content (AvgIpc) is 2.17. The van der Waals surface area contributed by atoms with Crippen molar-refractivity contribution in [1.29, 1.82) is 0 Å². The Morgan fingerprint density at radius 2 is 2.00 bits per heavy atom. The minimum atomic E-state index is -0.177. The van der Waals surface area contributed by atoms with E-state index >= 15 is 0 Å². The van der Waals surface area contributed by atoms with Gasteiger partial charge in [0.1, 0.15) is 6.10 Å². The predicted octanol–water partition coefficient (Wildman–Crippen LogP) is 3.76. The lowest BCUT2D eigenvalue weighted by Gasteiger charge is -2.27. The summed E-state index contributed by atoms with van der Waals surface area (Å²) in [5, 5.41) is 0. The van der Waals surface area contributed by atoms with Crippen LogP contribution in [0.3, 0.4) is 0 Å². The number of rotatable bonds is 7. The lowest BCUT2D eigenvalue weighted by molar-refractivity contribution is -0.150. The fourth-order valence-electron chi connectivity index (χ4n) is 1.35. The summed E-state index contributed by atoms with van der Waals surface area (Å²) in [6.07, 6.45) is 3.24. The van der Waals surface area contributed by atoms with Gasteiger partial charge in [0.2, 0.25) is 0 Å². The molecule has 15 heavy (non-hydrogen) atoms. The number of hydrogen-bond acceptors (Lipinski definition) is 2. The fourth-order valence-corrected chi connectivity index (χ4v) is 1.51. The molecule has 1 atom stereocenters. The molecule has 0 fully saturated rings. The second-order valence-corrected chi connectivity index (χ2v) is 5.06. The highest BCUT2D eigenvalue weighted by atomic mass is 35.5. The summed E-state index contributed by atoms with van der Waals surface area (Å²) in [4.78, 5) is 11.3. The van der Waals surface area contributed by atoms with Gasteiger partial charge in [0.25, 0.3) is 0 Å². The monoisotopic (exact) mass is 234 g/mol. The van der Waals surface area contributed by atoms with E-state index in [1.165, 1.54) is 0 Å². The van der Waals surface area contributed by atoms with E-state index in [0.29, 0.717) is 12.3 Å². The Morgan fingerprint density at radius 3 is 2.40 bits per heavy atom. The molecule has 0 rings (SSSR count). The third kappa shape index (κ3) is 6.77. The molecule has 3 heteroatoms. The van der Waals surface area contributed by atoms with Gasteiger partial charge in [-0.2, -0.15) is 0 Å². The van der Waals surface area contributed by atoms with Crippen molar-refractivity contribution < 1.29 is 9.53 Å². The lowest BCUT2D eigenvalue weighted by Crippen LogP contribution is -2.24. The van der Waals surface area contributed by atoms with Crippen LogP contribution in [0.2, 0.25) is 0 Å². The first-order valence-corrected chi connectivity index (χ1v) is 6.24. The van der Waals surface area contributed by atoms with Gasteiger partial charge >= 0.3 is 5.97 Å². The molecular weight excluding hydrogens is 212 g/mol. The molecule has 0 aliphatic rings. The van der Waals surface area contributed by atoms with Gasteiger partial charge in [-0.15, -0.1) is 11.6 Å². The van der Waals surface area contributed by atoms with E-state index in [4.69, 9.17) is 16.3 Å². The van der Waals surface area contributed by atoms with Gasteiger partial charge in [-0.1, -0.05) is 34.1 Å². The Balaban J connectivity index is 4.08. The van der Waals surface area contributed by atoms with Crippen LogP contribution in [0.15, 0.2) is 0 Å². The minimum absolute atomic E-state index is 0.0377. The van der Waals surface area contributed by atoms with Crippen LogP contribution in [0.4, 0.5) is 0 Å². The summed E-state index contributed by atoms with van der Waals surface area (Å²) in [6, 6.07) is 0. The molecule has 0 saturated carbocycles. The topological polar surface area (TPSA) is 26.3 Å². The van der Waals surface area contributed by atoms with Crippen molar-refractivity contribution in [3.8, 4) is 0 Å². The highest BCUT2D eigenvalue weighted by molar-refractivity contribution is 6.18. The standard InChI is InChI=1S/C12H23ClO2/c1-5-10(9-12(3,4)6-2)15-11(14)7-8-13/h10H,5-9H2,1-4H3. The van der Waals surface area contributed by atoms with Crippen molar-refractivity contribution in [1.82, 2.24) is 0 Å². The highest BCUT2D eigenvalue weighted by Gasteiger charge is 2.22. The largest absolute Gasteiger partial charge is 0.462 e. The normalized spacial score (nSPS) is 13.7. The molecule has 0 aliphatic heterocycles. The number of halogens is 1. The van der Waals surface area contributed by atoms with Crippen molar-refractivity contribution in [2.45, 2.75) is 59.5 Å². The molecule has 0 saturated heterocycles. The summed E-state index contributed by atoms with van der Waals surface area (Å²) >= 11 is 5.48. The van der Waals surface area contributed by atoms with E-state index in [1.807, 2.05) is 6.92 Å². The number of esters is 1. The third-order valence-corrected chi connectivity index (χ3v) is 2.98. The smallest absolute Gasteiger partial charge is 0.307 e. The second-order valence-electron chi connectivity index (χ2n) is 4.68. The van der Waals surface area contributed by atoms with Gasteiger partial charge in [-0.05, 0) is 18.3 Å². The fraction of sp³-hybridized carbons (Fsp3) is 0.917. The highest BCUT2D eigenvalue weighted by Crippen LogP contribution is 2.28. The maximum absolute atomic E-state index is 11.3. The molecule has 0 aromatic rings. The predicted molar refractivity (Wildman–Crippen MR) is 64.2 cm³/mol. The quantitative estimate of drug-likeness (QED) is 0.495. The van der Waals surface area contributed by atoms with Crippen LogP contribution in [-0.4, -0.2) is 18.0 Å². The summed E-state index contributed by atoms with van der Waals surface area (Å²) in [5.74, 6) is 0.163. The van der Waals surface area contributed by atoms with Crippen LogP contribution in [0.1, 0.15) is 53.4 Å². The van der Waals surface area contributed by atoms with Crippen LogP contribution >= 0.6 is 11.6 Å². The third-order valence-electron chi connectivity index (χ3n) is 2.79. The minimum Gasteiger partial charge on any atom is -0.462 e. The molecule has 0 aliphatic carbocycles. The van der Waals surface area contributed by atoms with Gasteiger partial charge in [-0.25, -0.2) is 0 Å². The molecule has 0 bridgehead atoms. The first-order valence-electron chi connectivity index (χ1n) is 5.70. The number of hydrogen-bond donors (Lipinski definition) is 0. The Morgan fingerprint density at radius 1 is 1.40 bits per heavy atom. The van der Waals surface area contributed by atoms with Crippen LogP contribution in [-0.2, 0) is 9.53 Å². The molecule has 0 N–H and O–H groups in total. The molecule has 0 aromatic carbocycles. The van der Waals surface area contributed by atoms with Crippen molar-refractivity contribution in [2.24, 2.45) is 5.41 Å². The Kier molecular flexibility index (Phi) is 6.99. The summed E-state index contributed by atoms with van der Waals surface area (Å²) in [5.41, 5.74) is 0.238. The lowest BCUT2D eigenvalue weighted by atomic mass is 9.83. The maximum atomic E-state index is 11.3. The van der Waals surface area contributed by atoms with Gasteiger partial charge < -0.3 is 4.74 Å². The molecular formula is C12H23ClO2. The van der Waals surface area contributed by atoms with E-state index in [-0.39, 0.29) is 17.5 Å². The first-order chi connectivity index (χ1) is 6.95. The van der Waals surface area contributed by atoms with E-state index in [0.717, 1.165) is 19.3 Å². The molecule has 2 nitrogen and oxygen atoms in total. The molecule has 0 heterocycles. The van der Waals surface area contributed by atoms with Crippen LogP contribution in [0, 0.1) is 5.41 Å². The van der Waals surface area contributed by atoms with Crippen molar-refractivity contribution in [2.75, 3.05) is 5.88 Å².